The molecule has 7 heteroatoms. The van der Waals surface area contributed by atoms with Gasteiger partial charge in [0.05, 0.1) is 31.1 Å². The molecule has 3 rings (SSSR count). The normalized spacial score (nSPS) is 17.3. The topological polar surface area (TPSA) is 65.8 Å². The monoisotopic (exact) mass is 345 g/mol. The highest BCUT2D eigenvalue weighted by molar-refractivity contribution is 5.99. The number of furan rings is 1. The van der Waals surface area contributed by atoms with Crippen LogP contribution < -0.4 is 10.2 Å². The zero-order valence-electron chi connectivity index (χ0n) is 13.9. The first-order chi connectivity index (χ1) is 12.1. The molecule has 0 saturated carbocycles. The van der Waals surface area contributed by atoms with Gasteiger partial charge >= 0.3 is 0 Å². The number of hydrogen-bond acceptors (Lipinski definition) is 4. The first-order valence-corrected chi connectivity index (χ1v) is 8.11. The lowest BCUT2D eigenvalue weighted by Crippen LogP contribution is -2.44. The summed E-state index contributed by atoms with van der Waals surface area (Å²) in [5.41, 5.74) is 0.283. The lowest BCUT2D eigenvalue weighted by atomic mass is 10.2. The number of benzene rings is 1. The average Bonchev–Trinajstić information content (AvgIpc) is 3.23. The van der Waals surface area contributed by atoms with E-state index in [1.165, 1.54) is 11.0 Å². The van der Waals surface area contributed by atoms with E-state index in [9.17, 15) is 14.0 Å². The van der Waals surface area contributed by atoms with Crippen LogP contribution in [0, 0.1) is 5.82 Å². The van der Waals surface area contributed by atoms with Gasteiger partial charge in [0.25, 0.3) is 0 Å². The minimum atomic E-state index is -0.436. The molecule has 0 spiro atoms. The molecule has 1 atom stereocenters. The van der Waals surface area contributed by atoms with E-state index in [4.69, 9.17) is 4.42 Å². The van der Waals surface area contributed by atoms with Crippen LogP contribution in [0.4, 0.5) is 10.1 Å². The Labute approximate surface area is 145 Å². The molecule has 132 valence electrons. The molecule has 6 nitrogen and oxygen atoms in total. The zero-order valence-corrected chi connectivity index (χ0v) is 13.9. The average molecular weight is 345 g/mol. The van der Waals surface area contributed by atoms with Gasteiger partial charge in [0.15, 0.2) is 0 Å². The summed E-state index contributed by atoms with van der Waals surface area (Å²) in [5.74, 6) is -0.142. The lowest BCUT2D eigenvalue weighted by Gasteiger charge is -2.23. The van der Waals surface area contributed by atoms with Crippen LogP contribution in [0.2, 0.25) is 0 Å². The molecule has 2 amide bonds. The van der Waals surface area contributed by atoms with Gasteiger partial charge < -0.3 is 14.6 Å². The molecular weight excluding hydrogens is 325 g/mol. The van der Waals surface area contributed by atoms with Gasteiger partial charge in [-0.25, -0.2) is 4.39 Å². The number of anilines is 1. The maximum atomic E-state index is 13.9. The van der Waals surface area contributed by atoms with Crippen LogP contribution in [0.25, 0.3) is 0 Å². The van der Waals surface area contributed by atoms with Crippen molar-refractivity contribution in [3.8, 4) is 0 Å². The van der Waals surface area contributed by atoms with E-state index in [-0.39, 0.29) is 24.0 Å². The van der Waals surface area contributed by atoms with E-state index < -0.39 is 11.9 Å². The Kier molecular flexibility index (Phi) is 5.14. The molecule has 0 aliphatic carbocycles. The summed E-state index contributed by atoms with van der Waals surface area (Å²) >= 11 is 0. The third-order valence-electron chi connectivity index (χ3n) is 4.29. The summed E-state index contributed by atoms with van der Waals surface area (Å²) < 4.78 is 19.1. The molecule has 0 bridgehead atoms. The van der Waals surface area contributed by atoms with E-state index in [2.05, 4.69) is 5.32 Å². The largest absolute Gasteiger partial charge is 0.467 e. The lowest BCUT2D eigenvalue weighted by molar-refractivity contribution is -0.125. The SMILES string of the molecule is CN(CC(=O)NCc1ccco1)[C@@H]1CCN(c2ccccc2F)C1=O. The molecule has 0 unspecified atom stereocenters. The van der Waals surface area contributed by atoms with Crippen molar-refractivity contribution in [1.82, 2.24) is 10.2 Å². The Morgan fingerprint density at radius 2 is 2.16 bits per heavy atom. The van der Waals surface area contributed by atoms with Crippen LogP contribution in [0.1, 0.15) is 12.2 Å². The summed E-state index contributed by atoms with van der Waals surface area (Å²) in [4.78, 5) is 27.8. The number of likely N-dealkylation sites (N-methyl/N-ethyl adjacent to an activating group) is 1. The molecule has 2 aromatic rings. The number of halogens is 1. The molecule has 2 heterocycles. The first-order valence-electron chi connectivity index (χ1n) is 8.11. The second-order valence-corrected chi connectivity index (χ2v) is 6.02. The Morgan fingerprint density at radius 1 is 1.36 bits per heavy atom. The molecule has 1 N–H and O–H groups in total. The van der Waals surface area contributed by atoms with Gasteiger partial charge in [-0.05, 0) is 37.7 Å². The van der Waals surface area contributed by atoms with E-state index in [0.717, 1.165) is 0 Å². The zero-order chi connectivity index (χ0) is 17.8. The predicted molar refractivity (Wildman–Crippen MR) is 90.3 cm³/mol. The van der Waals surface area contributed by atoms with Gasteiger partial charge in [0.1, 0.15) is 11.6 Å². The highest BCUT2D eigenvalue weighted by Crippen LogP contribution is 2.26. The van der Waals surface area contributed by atoms with Gasteiger partial charge in [-0.1, -0.05) is 12.1 Å². The van der Waals surface area contributed by atoms with Crippen molar-refractivity contribution in [2.75, 3.05) is 25.0 Å². The summed E-state index contributed by atoms with van der Waals surface area (Å²) in [7, 11) is 1.72. The van der Waals surface area contributed by atoms with Gasteiger partial charge in [0, 0.05) is 6.54 Å². The molecule has 25 heavy (non-hydrogen) atoms. The predicted octanol–water partition coefficient (Wildman–Crippen LogP) is 1.77. The van der Waals surface area contributed by atoms with Gasteiger partial charge in [-0.2, -0.15) is 0 Å². The van der Waals surface area contributed by atoms with Gasteiger partial charge in [-0.3, -0.25) is 14.5 Å². The maximum absolute atomic E-state index is 13.9. The fourth-order valence-electron chi connectivity index (χ4n) is 2.98. The van der Waals surface area contributed by atoms with Crippen molar-refractivity contribution in [3.05, 3.63) is 54.2 Å². The number of nitrogens with one attached hydrogen (secondary N) is 1. The van der Waals surface area contributed by atoms with Gasteiger partial charge in [-0.15, -0.1) is 0 Å². The number of carbonyl (C=O) groups excluding carboxylic acids is 2. The smallest absolute Gasteiger partial charge is 0.244 e. The second-order valence-electron chi connectivity index (χ2n) is 6.02. The highest BCUT2D eigenvalue weighted by atomic mass is 19.1. The number of carbonyl (C=O) groups is 2. The van der Waals surface area contributed by atoms with Crippen LogP contribution in [-0.4, -0.2) is 42.9 Å². The number of amides is 2. The molecule has 1 fully saturated rings. The number of rotatable bonds is 6. The molecule has 1 aliphatic rings. The van der Waals surface area contributed by atoms with Crippen LogP contribution in [0.15, 0.2) is 47.1 Å². The van der Waals surface area contributed by atoms with Crippen molar-refractivity contribution in [2.24, 2.45) is 0 Å². The summed E-state index contributed by atoms with van der Waals surface area (Å²) in [5, 5.41) is 2.75. The summed E-state index contributed by atoms with van der Waals surface area (Å²) in [6, 6.07) is 9.30. The van der Waals surface area contributed by atoms with Crippen molar-refractivity contribution >= 4 is 17.5 Å². The van der Waals surface area contributed by atoms with Crippen molar-refractivity contribution < 1.29 is 18.4 Å². The van der Waals surface area contributed by atoms with E-state index in [1.54, 1.807) is 48.5 Å². The second kappa shape index (κ2) is 7.48. The molecule has 1 aromatic carbocycles. The Bertz CT molecular complexity index is 748. The number of hydrogen-bond donors (Lipinski definition) is 1. The Hall–Kier alpha value is -2.67. The van der Waals surface area contributed by atoms with Crippen molar-refractivity contribution in [3.63, 3.8) is 0 Å². The molecule has 0 radical (unpaired) electrons. The van der Waals surface area contributed by atoms with E-state index >= 15 is 0 Å². The first kappa shape index (κ1) is 17.2. The third kappa shape index (κ3) is 3.88. The maximum Gasteiger partial charge on any atom is 0.244 e. The fraction of sp³-hybridized carbons (Fsp3) is 0.333. The van der Waals surface area contributed by atoms with Crippen LogP contribution >= 0.6 is 0 Å². The molecule has 1 aromatic heterocycles. The Balaban J connectivity index is 1.56. The van der Waals surface area contributed by atoms with Crippen LogP contribution in [-0.2, 0) is 16.1 Å². The number of nitrogens with zero attached hydrogens (tertiary/aromatic N) is 2. The quantitative estimate of drug-likeness (QED) is 0.867. The summed E-state index contributed by atoms with van der Waals surface area (Å²) in [6.45, 7) is 0.824. The molecule has 1 aliphatic heterocycles. The Morgan fingerprint density at radius 3 is 2.88 bits per heavy atom. The van der Waals surface area contributed by atoms with Crippen LogP contribution in [0.3, 0.4) is 0 Å². The van der Waals surface area contributed by atoms with E-state index in [1.807, 2.05) is 0 Å². The number of para-hydroxylation sites is 1. The van der Waals surface area contributed by atoms with Crippen LogP contribution in [0.5, 0.6) is 0 Å². The van der Waals surface area contributed by atoms with E-state index in [0.29, 0.717) is 25.3 Å². The fourth-order valence-corrected chi connectivity index (χ4v) is 2.98. The highest BCUT2D eigenvalue weighted by Gasteiger charge is 2.36. The summed E-state index contributed by atoms with van der Waals surface area (Å²) in [6.07, 6.45) is 2.09. The van der Waals surface area contributed by atoms with Crippen molar-refractivity contribution in [2.45, 2.75) is 19.0 Å². The molecule has 1 saturated heterocycles. The minimum absolute atomic E-state index is 0.0855. The molecular formula is C18H20FN3O3. The third-order valence-corrected chi connectivity index (χ3v) is 4.29. The minimum Gasteiger partial charge on any atom is -0.467 e. The van der Waals surface area contributed by atoms with Gasteiger partial charge in [0.2, 0.25) is 11.8 Å². The van der Waals surface area contributed by atoms with Crippen molar-refractivity contribution in [1.29, 1.82) is 0 Å². The standard InChI is InChI=1S/C18H20FN3O3/c1-21(12-17(23)20-11-13-5-4-10-25-13)16-8-9-22(18(16)24)15-7-3-2-6-14(15)19/h2-7,10,16H,8-9,11-12H2,1H3,(H,20,23)/t16-/m1/s1.